The van der Waals surface area contributed by atoms with E-state index < -0.39 is 10.7 Å². The van der Waals surface area contributed by atoms with Crippen LogP contribution in [0.3, 0.4) is 0 Å². The van der Waals surface area contributed by atoms with E-state index in [0.717, 1.165) is 17.4 Å². The van der Waals surface area contributed by atoms with Gasteiger partial charge in [-0.05, 0) is 0 Å². The molecule has 0 aliphatic rings. The molecule has 2 nitrogen and oxygen atoms in total. The van der Waals surface area contributed by atoms with Crippen LogP contribution < -0.4 is 0 Å². The summed E-state index contributed by atoms with van der Waals surface area (Å²) in [5.74, 6) is -0.719. The van der Waals surface area contributed by atoms with Gasteiger partial charge < -0.3 is 0 Å². The molecule has 92 valence electrons. The van der Waals surface area contributed by atoms with Crippen molar-refractivity contribution in [3.8, 4) is 0 Å². The van der Waals surface area contributed by atoms with Crippen molar-refractivity contribution < 1.29 is 9.90 Å². The van der Waals surface area contributed by atoms with Gasteiger partial charge in [-0.15, -0.1) is 0 Å². The molecule has 2 rings (SSSR count). The van der Waals surface area contributed by atoms with Gasteiger partial charge in [0.15, 0.2) is 0 Å². The molecule has 1 N–H and O–H groups in total. The van der Waals surface area contributed by atoms with Crippen LogP contribution in [-0.4, -0.2) is 27.9 Å². The van der Waals surface area contributed by atoms with Gasteiger partial charge in [-0.1, -0.05) is 0 Å². The van der Waals surface area contributed by atoms with Gasteiger partial charge >= 0.3 is 115 Å². The Morgan fingerprint density at radius 1 is 1.22 bits per heavy atom. The van der Waals surface area contributed by atoms with Gasteiger partial charge in [0, 0.05) is 0 Å². The van der Waals surface area contributed by atoms with E-state index in [-0.39, 0.29) is 5.92 Å². The van der Waals surface area contributed by atoms with Crippen molar-refractivity contribution in [2.24, 2.45) is 0 Å². The molecule has 0 saturated heterocycles. The first-order valence-electron chi connectivity index (χ1n) is 6.03. The predicted octanol–water partition coefficient (Wildman–Crippen LogP) is 3.38. The Hall–Kier alpha value is -1.27. The second-order valence-corrected chi connectivity index (χ2v) is 5.53. The normalized spacial score (nSPS) is 14.3. The minimum absolute atomic E-state index is 0.0357. The number of carboxylic acids is 1. The molecule has 2 aromatic rings. The number of benzene rings is 2. The summed E-state index contributed by atoms with van der Waals surface area (Å²) in [5, 5.41) is 11.5. The van der Waals surface area contributed by atoms with E-state index in [0.29, 0.717) is 0 Å². The molecule has 0 aliphatic carbocycles. The molecule has 0 fully saturated rings. The topological polar surface area (TPSA) is 37.3 Å². The van der Waals surface area contributed by atoms with E-state index in [2.05, 4.69) is 35.1 Å². The van der Waals surface area contributed by atoms with Crippen molar-refractivity contribution >= 4 is 33.6 Å². The van der Waals surface area contributed by atoms with Crippen molar-refractivity contribution in [1.82, 2.24) is 0 Å². The Kier molecular flexibility index (Phi) is 4.08. The molecule has 0 spiro atoms. The Bertz CT molecular complexity index is 560. The number of rotatable bonds is 4. The summed E-state index contributed by atoms with van der Waals surface area (Å²) >= 11 is 2.29. The standard InChI is InChI=1S/C15H15AsO2/c1-2-11(14(16)15(17)18)13-9-5-7-10-6-3-4-8-12(10)13/h3-9,11,14H,2H2,1H3,(H,17,18). The molecule has 2 aromatic carbocycles. The Balaban J connectivity index is 2.55. The van der Waals surface area contributed by atoms with E-state index in [1.54, 1.807) is 0 Å². The first-order chi connectivity index (χ1) is 8.65. The van der Waals surface area contributed by atoms with Crippen molar-refractivity contribution in [2.45, 2.75) is 24.0 Å². The summed E-state index contributed by atoms with van der Waals surface area (Å²) in [6.45, 7) is 2.04. The molecule has 18 heavy (non-hydrogen) atoms. The molecule has 0 heterocycles. The van der Waals surface area contributed by atoms with Gasteiger partial charge in [0.25, 0.3) is 0 Å². The molecular formula is C15H15AsO2. The van der Waals surface area contributed by atoms with Crippen molar-refractivity contribution in [3.05, 3.63) is 48.0 Å². The van der Waals surface area contributed by atoms with Crippen LogP contribution in [0.25, 0.3) is 10.8 Å². The Labute approximate surface area is 116 Å². The van der Waals surface area contributed by atoms with Crippen molar-refractivity contribution in [3.63, 3.8) is 0 Å². The molecule has 0 amide bonds. The molecule has 0 bridgehead atoms. The van der Waals surface area contributed by atoms with Gasteiger partial charge in [-0.2, -0.15) is 0 Å². The van der Waals surface area contributed by atoms with E-state index in [1.807, 2.05) is 31.2 Å². The van der Waals surface area contributed by atoms with Crippen LogP contribution in [0.4, 0.5) is 0 Å². The van der Waals surface area contributed by atoms with E-state index in [9.17, 15) is 9.90 Å². The van der Waals surface area contributed by atoms with Gasteiger partial charge in [0.2, 0.25) is 0 Å². The Morgan fingerprint density at radius 3 is 2.56 bits per heavy atom. The second-order valence-electron chi connectivity index (χ2n) is 4.37. The summed E-state index contributed by atoms with van der Waals surface area (Å²) in [6.07, 6.45) is 0.819. The summed E-state index contributed by atoms with van der Waals surface area (Å²) in [5.41, 5.74) is 1.13. The van der Waals surface area contributed by atoms with Crippen LogP contribution in [0.5, 0.6) is 0 Å². The molecule has 2 radical (unpaired) electrons. The summed E-state index contributed by atoms with van der Waals surface area (Å²) in [7, 11) is 0. The van der Waals surface area contributed by atoms with Gasteiger partial charge in [-0.25, -0.2) is 0 Å². The van der Waals surface area contributed by atoms with Crippen LogP contribution in [0.2, 0.25) is 4.71 Å². The number of hydrogen-bond donors (Lipinski definition) is 1. The third kappa shape index (κ3) is 2.44. The zero-order valence-electron chi connectivity index (χ0n) is 10.2. The summed E-state index contributed by atoms with van der Waals surface area (Å²) in [6, 6.07) is 14.2. The van der Waals surface area contributed by atoms with Crippen LogP contribution in [0, 0.1) is 0 Å². The molecule has 0 aromatic heterocycles. The first kappa shape index (κ1) is 13.2. The quantitative estimate of drug-likeness (QED) is 0.879. The number of hydrogen-bond acceptors (Lipinski definition) is 1. The van der Waals surface area contributed by atoms with E-state index >= 15 is 0 Å². The SMILES string of the molecule is CCC(c1cccc2ccccc12)C([As])C(=O)O. The van der Waals surface area contributed by atoms with Gasteiger partial charge in [0.1, 0.15) is 0 Å². The fourth-order valence-electron chi connectivity index (χ4n) is 2.36. The monoisotopic (exact) mass is 302 g/mol. The average Bonchev–Trinajstić information content (AvgIpc) is 2.39. The Morgan fingerprint density at radius 2 is 1.89 bits per heavy atom. The fourth-order valence-corrected chi connectivity index (χ4v) is 3.14. The predicted molar refractivity (Wildman–Crippen MR) is 74.1 cm³/mol. The first-order valence-corrected chi connectivity index (χ1v) is 7.12. The van der Waals surface area contributed by atoms with Gasteiger partial charge in [0.05, 0.1) is 0 Å². The van der Waals surface area contributed by atoms with Gasteiger partial charge in [-0.3, -0.25) is 0 Å². The molecule has 2 atom stereocenters. The average molecular weight is 302 g/mol. The summed E-state index contributed by atoms with van der Waals surface area (Å²) < 4.78 is -0.423. The maximum atomic E-state index is 11.2. The van der Waals surface area contributed by atoms with Crippen LogP contribution >= 0.6 is 0 Å². The number of aliphatic carboxylic acids is 1. The molecule has 0 aliphatic heterocycles. The number of carbonyl (C=O) groups is 1. The van der Waals surface area contributed by atoms with E-state index in [1.165, 1.54) is 5.39 Å². The second kappa shape index (κ2) is 5.58. The van der Waals surface area contributed by atoms with E-state index in [4.69, 9.17) is 0 Å². The third-order valence-corrected chi connectivity index (χ3v) is 4.52. The van der Waals surface area contributed by atoms with Crippen LogP contribution in [0.1, 0.15) is 24.8 Å². The molecule has 0 saturated carbocycles. The van der Waals surface area contributed by atoms with Crippen LogP contribution in [0.15, 0.2) is 42.5 Å². The number of fused-ring (bicyclic) bond motifs is 1. The van der Waals surface area contributed by atoms with Crippen LogP contribution in [-0.2, 0) is 4.79 Å². The maximum absolute atomic E-state index is 11.2. The summed E-state index contributed by atoms with van der Waals surface area (Å²) in [4.78, 5) is 11.2. The van der Waals surface area contributed by atoms with Crippen molar-refractivity contribution in [1.29, 1.82) is 0 Å². The minimum atomic E-state index is -0.755. The zero-order chi connectivity index (χ0) is 13.1. The molecule has 2 unspecified atom stereocenters. The van der Waals surface area contributed by atoms with Crippen molar-refractivity contribution in [2.75, 3.05) is 0 Å². The molecular weight excluding hydrogens is 287 g/mol. The zero-order valence-corrected chi connectivity index (χ0v) is 12.1. The third-order valence-electron chi connectivity index (χ3n) is 3.30. The molecule has 3 heteroatoms. The fraction of sp³-hybridized carbons (Fsp3) is 0.267. The number of carboxylic acid groups (broad SMARTS) is 1.